The molecule has 5 heteroatoms. The summed E-state index contributed by atoms with van der Waals surface area (Å²) in [4.78, 5) is 13.7. The van der Waals surface area contributed by atoms with E-state index in [9.17, 15) is 4.79 Å². The summed E-state index contributed by atoms with van der Waals surface area (Å²) in [5.41, 5.74) is 6.78. The van der Waals surface area contributed by atoms with E-state index < -0.39 is 0 Å². The van der Waals surface area contributed by atoms with E-state index in [1.54, 1.807) is 0 Å². The lowest BCUT2D eigenvalue weighted by Gasteiger charge is -2.15. The van der Waals surface area contributed by atoms with Crippen molar-refractivity contribution in [2.24, 2.45) is 5.73 Å². The molecule has 2 N–H and O–H groups in total. The summed E-state index contributed by atoms with van der Waals surface area (Å²) in [5.74, 6) is 0.969. The van der Waals surface area contributed by atoms with E-state index in [-0.39, 0.29) is 11.9 Å². The summed E-state index contributed by atoms with van der Waals surface area (Å²) in [5, 5.41) is 0.734. The predicted octanol–water partition coefficient (Wildman–Crippen LogP) is 2.37. The first-order valence-corrected chi connectivity index (χ1v) is 7.36. The van der Waals surface area contributed by atoms with Crippen LogP contribution in [0.4, 0.5) is 0 Å². The molecule has 4 nitrogen and oxygen atoms in total. The highest BCUT2D eigenvalue weighted by Gasteiger charge is 2.22. The lowest BCUT2D eigenvalue weighted by molar-refractivity contribution is -0.130. The number of nitrogens with zero attached hydrogens (tertiary/aromatic N) is 1. The highest BCUT2D eigenvalue weighted by molar-refractivity contribution is 6.31. The fraction of sp³-hybridized carbons (Fsp3) is 0.533. The monoisotopic (exact) mass is 296 g/mol. The molecule has 1 saturated heterocycles. The third kappa shape index (κ3) is 4.12. The van der Waals surface area contributed by atoms with E-state index in [0.717, 1.165) is 29.3 Å². The van der Waals surface area contributed by atoms with Crippen molar-refractivity contribution in [1.82, 2.24) is 4.90 Å². The summed E-state index contributed by atoms with van der Waals surface area (Å²) in [6.45, 7) is 3.95. The zero-order chi connectivity index (χ0) is 14.5. The average Bonchev–Trinajstić information content (AvgIpc) is 2.85. The molecule has 1 amide bonds. The van der Waals surface area contributed by atoms with Gasteiger partial charge in [-0.15, -0.1) is 0 Å². The zero-order valence-corrected chi connectivity index (χ0v) is 12.5. The van der Waals surface area contributed by atoms with Crippen molar-refractivity contribution in [2.75, 3.05) is 19.7 Å². The molecule has 1 aliphatic heterocycles. The maximum Gasteiger partial charge on any atom is 0.222 e. The molecule has 0 aliphatic carbocycles. The fourth-order valence-corrected chi connectivity index (χ4v) is 2.41. The number of likely N-dealkylation sites (tertiary alicyclic amines) is 1. The summed E-state index contributed by atoms with van der Waals surface area (Å²) in [6.07, 6.45) is 2.14. The van der Waals surface area contributed by atoms with Crippen molar-refractivity contribution < 1.29 is 9.53 Å². The van der Waals surface area contributed by atoms with Crippen molar-refractivity contribution in [3.8, 4) is 5.75 Å². The van der Waals surface area contributed by atoms with Crippen molar-refractivity contribution >= 4 is 17.5 Å². The van der Waals surface area contributed by atoms with Crippen molar-refractivity contribution in [3.05, 3.63) is 28.8 Å². The summed E-state index contributed by atoms with van der Waals surface area (Å²) in [7, 11) is 0. The molecule has 0 aromatic heterocycles. The Labute approximate surface area is 124 Å². The molecule has 2 rings (SSSR count). The van der Waals surface area contributed by atoms with E-state index in [1.165, 1.54) is 0 Å². The minimum absolute atomic E-state index is 0.146. The van der Waals surface area contributed by atoms with Crippen LogP contribution in [0.1, 0.15) is 24.8 Å². The van der Waals surface area contributed by atoms with E-state index in [1.807, 2.05) is 30.0 Å². The molecule has 0 saturated carbocycles. The lowest BCUT2D eigenvalue weighted by Crippen LogP contribution is -2.31. The second kappa shape index (κ2) is 6.95. The molecule has 1 aromatic rings. The van der Waals surface area contributed by atoms with Gasteiger partial charge < -0.3 is 15.4 Å². The minimum atomic E-state index is 0.146. The van der Waals surface area contributed by atoms with Crippen LogP contribution in [-0.2, 0) is 4.79 Å². The average molecular weight is 297 g/mol. The third-order valence-corrected chi connectivity index (χ3v) is 3.93. The van der Waals surface area contributed by atoms with Gasteiger partial charge in [-0.1, -0.05) is 11.6 Å². The number of benzene rings is 1. The van der Waals surface area contributed by atoms with Gasteiger partial charge >= 0.3 is 0 Å². The number of carbonyl (C=O) groups is 1. The number of carbonyl (C=O) groups excluding carboxylic acids is 1. The standard InChI is InChI=1S/C15H21ClN2O2/c1-11-9-13(4-5-14(11)16)20-8-2-3-15(19)18-7-6-12(17)10-18/h4-5,9,12H,2-3,6-8,10,17H2,1H3/t12-/m0/s1. The molecule has 110 valence electrons. The molecule has 0 radical (unpaired) electrons. The van der Waals surface area contributed by atoms with Gasteiger partial charge in [-0.3, -0.25) is 4.79 Å². The zero-order valence-electron chi connectivity index (χ0n) is 11.8. The Balaban J connectivity index is 1.68. The van der Waals surface area contributed by atoms with Crippen LogP contribution in [0.3, 0.4) is 0 Å². The third-order valence-electron chi connectivity index (χ3n) is 3.51. The van der Waals surface area contributed by atoms with Crippen LogP contribution in [-0.4, -0.2) is 36.5 Å². The van der Waals surface area contributed by atoms with Gasteiger partial charge in [0.25, 0.3) is 0 Å². The quantitative estimate of drug-likeness (QED) is 0.849. The fourth-order valence-electron chi connectivity index (χ4n) is 2.29. The van der Waals surface area contributed by atoms with Gasteiger partial charge in [-0.2, -0.15) is 0 Å². The van der Waals surface area contributed by atoms with E-state index in [0.29, 0.717) is 26.0 Å². The molecule has 0 spiro atoms. The Morgan fingerprint density at radius 2 is 2.35 bits per heavy atom. The van der Waals surface area contributed by atoms with Crippen LogP contribution < -0.4 is 10.5 Å². The van der Waals surface area contributed by atoms with Gasteiger partial charge in [0.2, 0.25) is 5.91 Å². The Hall–Kier alpha value is -1.26. The summed E-state index contributed by atoms with van der Waals surface area (Å²) in [6, 6.07) is 5.72. The number of nitrogens with two attached hydrogens (primary N) is 1. The number of amides is 1. The van der Waals surface area contributed by atoms with Crippen LogP contribution in [0.5, 0.6) is 5.75 Å². The number of ether oxygens (including phenoxy) is 1. The maximum atomic E-state index is 11.9. The first-order chi connectivity index (χ1) is 9.56. The Morgan fingerprint density at radius 1 is 1.55 bits per heavy atom. The van der Waals surface area contributed by atoms with Crippen LogP contribution >= 0.6 is 11.6 Å². The van der Waals surface area contributed by atoms with Crippen molar-refractivity contribution in [2.45, 2.75) is 32.2 Å². The molecule has 1 atom stereocenters. The second-order valence-corrected chi connectivity index (χ2v) is 5.66. The van der Waals surface area contributed by atoms with Gasteiger partial charge in [0.1, 0.15) is 5.75 Å². The minimum Gasteiger partial charge on any atom is -0.494 e. The van der Waals surface area contributed by atoms with Crippen LogP contribution in [0.25, 0.3) is 0 Å². The predicted molar refractivity (Wildman–Crippen MR) is 80.1 cm³/mol. The van der Waals surface area contributed by atoms with Gasteiger partial charge in [0.05, 0.1) is 6.61 Å². The SMILES string of the molecule is Cc1cc(OCCCC(=O)N2CC[C@H](N)C2)ccc1Cl. The summed E-state index contributed by atoms with van der Waals surface area (Å²) >= 11 is 5.95. The van der Waals surface area contributed by atoms with Crippen LogP contribution in [0.2, 0.25) is 5.02 Å². The number of rotatable bonds is 5. The number of hydrogen-bond acceptors (Lipinski definition) is 3. The molecule has 1 fully saturated rings. The van der Waals surface area contributed by atoms with Gasteiger partial charge in [-0.05, 0) is 43.5 Å². The molecular formula is C15H21ClN2O2. The molecular weight excluding hydrogens is 276 g/mol. The molecule has 0 bridgehead atoms. The topological polar surface area (TPSA) is 55.6 Å². The first kappa shape index (κ1) is 15.1. The molecule has 1 heterocycles. The van der Waals surface area contributed by atoms with Crippen LogP contribution in [0, 0.1) is 6.92 Å². The highest BCUT2D eigenvalue weighted by Crippen LogP contribution is 2.21. The number of halogens is 1. The van der Waals surface area contributed by atoms with Crippen LogP contribution in [0.15, 0.2) is 18.2 Å². The van der Waals surface area contributed by atoms with Gasteiger partial charge in [-0.25, -0.2) is 0 Å². The highest BCUT2D eigenvalue weighted by atomic mass is 35.5. The molecule has 20 heavy (non-hydrogen) atoms. The molecule has 1 aliphatic rings. The van der Waals surface area contributed by atoms with E-state index >= 15 is 0 Å². The lowest BCUT2D eigenvalue weighted by atomic mass is 10.2. The van der Waals surface area contributed by atoms with Crippen molar-refractivity contribution in [3.63, 3.8) is 0 Å². The number of aryl methyl sites for hydroxylation is 1. The Bertz CT molecular complexity index is 479. The Kier molecular flexibility index (Phi) is 5.26. The van der Waals surface area contributed by atoms with E-state index in [2.05, 4.69) is 0 Å². The Morgan fingerprint density at radius 3 is 3.00 bits per heavy atom. The largest absolute Gasteiger partial charge is 0.494 e. The van der Waals surface area contributed by atoms with Gasteiger partial charge in [0.15, 0.2) is 0 Å². The maximum absolute atomic E-state index is 11.9. The first-order valence-electron chi connectivity index (χ1n) is 6.98. The second-order valence-electron chi connectivity index (χ2n) is 5.25. The molecule has 1 aromatic carbocycles. The van der Waals surface area contributed by atoms with E-state index in [4.69, 9.17) is 22.1 Å². The smallest absolute Gasteiger partial charge is 0.222 e. The summed E-state index contributed by atoms with van der Waals surface area (Å²) < 4.78 is 5.62. The normalized spacial score (nSPS) is 18.4. The van der Waals surface area contributed by atoms with Crippen molar-refractivity contribution in [1.29, 1.82) is 0 Å². The molecule has 0 unspecified atom stereocenters. The van der Waals surface area contributed by atoms with Gasteiger partial charge in [0, 0.05) is 30.6 Å². The number of hydrogen-bond donors (Lipinski definition) is 1.